The summed E-state index contributed by atoms with van der Waals surface area (Å²) in [6.45, 7) is 2.57. The van der Waals surface area contributed by atoms with Gasteiger partial charge in [-0.1, -0.05) is 0 Å². The number of ether oxygens (including phenoxy) is 1. The van der Waals surface area contributed by atoms with E-state index in [2.05, 4.69) is 4.90 Å². The van der Waals surface area contributed by atoms with E-state index in [9.17, 15) is 14.0 Å². The van der Waals surface area contributed by atoms with E-state index in [4.69, 9.17) is 4.74 Å². The smallest absolute Gasteiger partial charge is 0.354 e. The van der Waals surface area contributed by atoms with Gasteiger partial charge >= 0.3 is 5.97 Å². The Hall–Kier alpha value is -3.29. The highest BCUT2D eigenvalue weighted by Crippen LogP contribution is 2.22. The molecule has 0 radical (unpaired) electrons. The van der Waals surface area contributed by atoms with Crippen LogP contribution < -0.4 is 4.90 Å². The first-order chi connectivity index (χ1) is 14.0. The molecule has 1 aliphatic heterocycles. The van der Waals surface area contributed by atoms with Crippen molar-refractivity contribution in [2.24, 2.45) is 7.05 Å². The van der Waals surface area contributed by atoms with E-state index in [0.29, 0.717) is 31.9 Å². The molecule has 0 atom stereocenters. The predicted octanol–water partition coefficient (Wildman–Crippen LogP) is 2.25. The number of piperazine rings is 1. The summed E-state index contributed by atoms with van der Waals surface area (Å²) in [5.41, 5.74) is 3.01. The molecule has 4 rings (SSSR count). The largest absolute Gasteiger partial charge is 0.464 e. The summed E-state index contributed by atoms with van der Waals surface area (Å²) < 4.78 is 21.6. The zero-order valence-electron chi connectivity index (χ0n) is 16.5. The second-order valence-corrected chi connectivity index (χ2v) is 7.15. The van der Waals surface area contributed by atoms with Crippen molar-refractivity contribution in [1.29, 1.82) is 0 Å². The third-order valence-corrected chi connectivity index (χ3v) is 5.47. The molecule has 0 aliphatic carbocycles. The molecule has 3 aromatic rings. The lowest BCUT2D eigenvalue weighted by atomic mass is 10.2. The molecule has 7 nitrogen and oxygen atoms in total. The number of methoxy groups -OCH3 is 1. The van der Waals surface area contributed by atoms with Gasteiger partial charge in [0.05, 0.1) is 18.1 Å². The van der Waals surface area contributed by atoms with Gasteiger partial charge in [-0.2, -0.15) is 0 Å². The zero-order valence-corrected chi connectivity index (χ0v) is 16.5. The van der Waals surface area contributed by atoms with Gasteiger partial charge in [-0.15, -0.1) is 0 Å². The third-order valence-electron chi connectivity index (χ3n) is 5.47. The number of benzene rings is 1. The number of carbonyl (C=O) groups excluding carboxylic acids is 2. The minimum atomic E-state index is -0.463. The van der Waals surface area contributed by atoms with Gasteiger partial charge in [-0.3, -0.25) is 4.79 Å². The fourth-order valence-corrected chi connectivity index (χ4v) is 3.82. The second-order valence-electron chi connectivity index (χ2n) is 7.15. The van der Waals surface area contributed by atoms with Gasteiger partial charge in [0, 0.05) is 45.1 Å². The average molecular weight is 398 g/mol. The fraction of sp³-hybridized carbons (Fsp3) is 0.333. The summed E-state index contributed by atoms with van der Waals surface area (Å²) in [6, 6.07) is 10.0. The summed E-state index contributed by atoms with van der Waals surface area (Å²) >= 11 is 0. The third kappa shape index (κ3) is 3.57. The number of carbonyl (C=O) groups is 2. The fourth-order valence-electron chi connectivity index (χ4n) is 3.82. The molecular formula is C21H23FN4O3. The second kappa shape index (κ2) is 7.62. The molecule has 1 aromatic carbocycles. The average Bonchev–Trinajstić information content (AvgIpc) is 3.28. The first kappa shape index (κ1) is 19.0. The lowest BCUT2D eigenvalue weighted by molar-refractivity contribution is -0.132. The van der Waals surface area contributed by atoms with E-state index < -0.39 is 5.97 Å². The minimum Gasteiger partial charge on any atom is -0.464 e. The number of amides is 1. The minimum absolute atomic E-state index is 0.0461. The Morgan fingerprint density at radius 3 is 2.38 bits per heavy atom. The van der Waals surface area contributed by atoms with Crippen LogP contribution in [0.5, 0.6) is 0 Å². The maximum absolute atomic E-state index is 13.1. The number of esters is 1. The van der Waals surface area contributed by atoms with Crippen LogP contribution in [0.1, 0.15) is 10.5 Å². The Morgan fingerprint density at radius 1 is 1.03 bits per heavy atom. The van der Waals surface area contributed by atoms with Crippen molar-refractivity contribution in [2.45, 2.75) is 6.54 Å². The van der Waals surface area contributed by atoms with Gasteiger partial charge in [-0.05, 0) is 36.4 Å². The van der Waals surface area contributed by atoms with Gasteiger partial charge < -0.3 is 23.7 Å². The molecule has 0 saturated carbocycles. The molecule has 0 unspecified atom stereocenters. The molecule has 2 aromatic heterocycles. The van der Waals surface area contributed by atoms with Gasteiger partial charge in [0.2, 0.25) is 5.91 Å². The standard InChI is InChI=1S/C21H23FN4O3/c1-23-8-7-17-18(23)13-19(21(28)29-2)26(17)14-20(27)25-11-9-24(10-12-25)16-5-3-15(22)4-6-16/h3-8,13H,9-12,14H2,1-2H3. The van der Waals surface area contributed by atoms with Crippen LogP contribution >= 0.6 is 0 Å². The summed E-state index contributed by atoms with van der Waals surface area (Å²) in [6.07, 6.45) is 1.90. The molecule has 1 fully saturated rings. The molecule has 1 aliphatic rings. The number of anilines is 1. The van der Waals surface area contributed by atoms with E-state index in [1.807, 2.05) is 23.9 Å². The molecule has 8 heteroatoms. The Balaban J connectivity index is 1.48. The highest BCUT2D eigenvalue weighted by molar-refractivity contribution is 5.96. The SMILES string of the molecule is COC(=O)c1cc2c(ccn2C)n1CC(=O)N1CCN(c2ccc(F)cc2)CC1. The van der Waals surface area contributed by atoms with E-state index in [1.165, 1.54) is 19.2 Å². The van der Waals surface area contributed by atoms with E-state index in [0.717, 1.165) is 16.7 Å². The highest BCUT2D eigenvalue weighted by Gasteiger charge is 2.25. The molecule has 0 N–H and O–H groups in total. The number of rotatable bonds is 4. The first-order valence-corrected chi connectivity index (χ1v) is 9.49. The maximum atomic E-state index is 13.1. The van der Waals surface area contributed by atoms with E-state index in [1.54, 1.807) is 27.7 Å². The monoisotopic (exact) mass is 398 g/mol. The maximum Gasteiger partial charge on any atom is 0.354 e. The van der Waals surface area contributed by atoms with Gasteiger partial charge in [0.1, 0.15) is 18.1 Å². The highest BCUT2D eigenvalue weighted by atomic mass is 19.1. The number of nitrogens with zero attached hydrogens (tertiary/aromatic N) is 4. The van der Waals surface area contributed by atoms with Crippen molar-refractivity contribution in [3.8, 4) is 0 Å². The molecule has 29 heavy (non-hydrogen) atoms. The summed E-state index contributed by atoms with van der Waals surface area (Å²) in [5.74, 6) is -0.770. The number of hydrogen-bond donors (Lipinski definition) is 0. The molecule has 0 spiro atoms. The van der Waals surface area contributed by atoms with Crippen molar-refractivity contribution in [1.82, 2.24) is 14.0 Å². The lowest BCUT2D eigenvalue weighted by Gasteiger charge is -2.36. The van der Waals surface area contributed by atoms with E-state index >= 15 is 0 Å². The van der Waals surface area contributed by atoms with Crippen molar-refractivity contribution in [2.75, 3.05) is 38.2 Å². The molecular weight excluding hydrogens is 375 g/mol. The van der Waals surface area contributed by atoms with Crippen molar-refractivity contribution >= 4 is 28.6 Å². The number of hydrogen-bond acceptors (Lipinski definition) is 4. The quantitative estimate of drug-likeness (QED) is 0.633. The Labute approximate surface area is 167 Å². The van der Waals surface area contributed by atoms with Crippen molar-refractivity contribution in [3.63, 3.8) is 0 Å². The van der Waals surface area contributed by atoms with Crippen LogP contribution in [0.25, 0.3) is 11.0 Å². The van der Waals surface area contributed by atoms with Crippen LogP contribution in [0.2, 0.25) is 0 Å². The molecule has 1 amide bonds. The molecule has 1 saturated heterocycles. The summed E-state index contributed by atoms with van der Waals surface area (Å²) in [4.78, 5) is 29.1. The molecule has 0 bridgehead atoms. The predicted molar refractivity (Wildman–Crippen MR) is 107 cm³/mol. The topological polar surface area (TPSA) is 59.7 Å². The number of halogens is 1. The Bertz CT molecular complexity index is 1050. The van der Waals surface area contributed by atoms with Crippen LogP contribution in [0.15, 0.2) is 42.6 Å². The number of aromatic nitrogens is 2. The van der Waals surface area contributed by atoms with Gasteiger partial charge in [-0.25, -0.2) is 9.18 Å². The van der Waals surface area contributed by atoms with Gasteiger partial charge in [0.15, 0.2) is 0 Å². The van der Waals surface area contributed by atoms with Crippen LogP contribution in [0, 0.1) is 5.82 Å². The Kier molecular flexibility index (Phi) is 5.00. The molecule has 3 heterocycles. The van der Waals surface area contributed by atoms with Gasteiger partial charge in [0.25, 0.3) is 0 Å². The normalized spacial score (nSPS) is 14.4. The lowest BCUT2D eigenvalue weighted by Crippen LogP contribution is -2.49. The van der Waals surface area contributed by atoms with Crippen LogP contribution in [0.4, 0.5) is 10.1 Å². The molecule has 152 valence electrons. The van der Waals surface area contributed by atoms with Crippen LogP contribution in [-0.4, -0.2) is 59.2 Å². The van der Waals surface area contributed by atoms with Crippen LogP contribution in [-0.2, 0) is 23.1 Å². The Morgan fingerprint density at radius 2 is 1.72 bits per heavy atom. The van der Waals surface area contributed by atoms with Crippen molar-refractivity contribution in [3.05, 3.63) is 54.1 Å². The zero-order chi connectivity index (χ0) is 20.5. The van der Waals surface area contributed by atoms with Crippen molar-refractivity contribution < 1.29 is 18.7 Å². The first-order valence-electron chi connectivity index (χ1n) is 9.49. The number of fused-ring (bicyclic) bond motifs is 1. The van der Waals surface area contributed by atoms with Crippen LogP contribution in [0.3, 0.4) is 0 Å². The number of aryl methyl sites for hydroxylation is 1. The van der Waals surface area contributed by atoms with E-state index in [-0.39, 0.29) is 18.3 Å². The summed E-state index contributed by atoms with van der Waals surface area (Å²) in [5, 5.41) is 0. The summed E-state index contributed by atoms with van der Waals surface area (Å²) in [7, 11) is 3.23.